The summed E-state index contributed by atoms with van der Waals surface area (Å²) in [5.74, 6) is 0.157. The van der Waals surface area contributed by atoms with Crippen LogP contribution < -0.4 is 11.2 Å². The summed E-state index contributed by atoms with van der Waals surface area (Å²) >= 11 is 1.52. The first-order chi connectivity index (χ1) is 15.7. The van der Waals surface area contributed by atoms with Crippen molar-refractivity contribution in [3.8, 4) is 5.82 Å². The summed E-state index contributed by atoms with van der Waals surface area (Å²) in [5, 5.41) is 19.9. The van der Waals surface area contributed by atoms with Gasteiger partial charge in [0, 0.05) is 16.2 Å². The fraction of sp³-hybridized carbons (Fsp3) is 0.143. The van der Waals surface area contributed by atoms with Crippen LogP contribution in [0.5, 0.6) is 0 Å². The Morgan fingerprint density at radius 2 is 1.94 bits per heavy atom. The molecule has 0 unspecified atom stereocenters. The third-order valence-corrected chi connectivity index (χ3v) is 6.07. The van der Waals surface area contributed by atoms with E-state index in [0.717, 1.165) is 29.0 Å². The van der Waals surface area contributed by atoms with E-state index in [1.54, 1.807) is 0 Å². The minimum Gasteiger partial charge on any atom is -0.378 e. The molecule has 0 atom stereocenters. The van der Waals surface area contributed by atoms with Crippen LogP contribution in [-0.4, -0.2) is 36.9 Å². The number of aryl methyl sites for hydroxylation is 1. The molecule has 4 aromatic rings. The minimum atomic E-state index is -0.466. The summed E-state index contributed by atoms with van der Waals surface area (Å²) in [6.07, 6.45) is 1.67. The lowest BCUT2D eigenvalue weighted by Gasteiger charge is -2.06. The number of hydrogen-bond acceptors (Lipinski definition) is 9. The quantitative estimate of drug-likeness (QED) is 0.341. The fourth-order valence-corrected chi connectivity index (χ4v) is 4.39. The number of carbonyl (C=O) groups excluding carboxylic acids is 1. The van der Waals surface area contributed by atoms with Crippen molar-refractivity contribution in [1.82, 2.24) is 30.7 Å². The molecular weight excluding hydrogens is 428 g/mol. The van der Waals surface area contributed by atoms with Gasteiger partial charge >= 0.3 is 0 Å². The molecule has 0 saturated heterocycles. The molecule has 1 aliphatic carbocycles. The second-order valence-corrected chi connectivity index (χ2v) is 8.08. The van der Waals surface area contributed by atoms with Gasteiger partial charge in [-0.25, -0.2) is 10.1 Å². The fourth-order valence-electron chi connectivity index (χ4n) is 3.48. The van der Waals surface area contributed by atoms with Crippen molar-refractivity contribution in [2.45, 2.75) is 23.5 Å². The standard InChI is InChI=1S/C21H18N8O2S/c22-19-20(27-31-26-19)29-17(12-32-14-7-2-1-3-8-14)18(24-28-29)21(30)25-23-16-11-10-13-6-4-5-9-15(13)16/h1-9H,10-12H2,(H2,22,26)(H,25,30). The van der Waals surface area contributed by atoms with Crippen LogP contribution in [0.3, 0.4) is 0 Å². The summed E-state index contributed by atoms with van der Waals surface area (Å²) in [4.78, 5) is 14.0. The molecule has 0 aliphatic heterocycles. The van der Waals surface area contributed by atoms with Gasteiger partial charge in [-0.05, 0) is 40.9 Å². The molecule has 3 N–H and O–H groups in total. The highest BCUT2D eigenvalue weighted by Gasteiger charge is 2.24. The maximum Gasteiger partial charge on any atom is 0.293 e. The van der Waals surface area contributed by atoms with Crippen molar-refractivity contribution in [1.29, 1.82) is 0 Å². The maximum atomic E-state index is 13.0. The third kappa shape index (κ3) is 3.85. The molecule has 2 aromatic heterocycles. The Balaban J connectivity index is 1.43. The van der Waals surface area contributed by atoms with Crippen LogP contribution in [0.4, 0.5) is 5.82 Å². The zero-order valence-corrected chi connectivity index (χ0v) is 17.6. The monoisotopic (exact) mass is 446 g/mol. The SMILES string of the molecule is Nc1nonc1-n1nnc(C(=O)NN=C2CCc3ccccc32)c1CSc1ccccc1. The van der Waals surface area contributed by atoms with Crippen LogP contribution >= 0.6 is 11.8 Å². The zero-order valence-electron chi connectivity index (χ0n) is 16.8. The number of anilines is 1. The Labute approximate surface area is 186 Å². The molecule has 160 valence electrons. The highest BCUT2D eigenvalue weighted by Crippen LogP contribution is 2.26. The number of rotatable bonds is 6. The average Bonchev–Trinajstić information content (AvgIpc) is 3.54. The van der Waals surface area contributed by atoms with Crippen LogP contribution in [0, 0.1) is 0 Å². The van der Waals surface area contributed by atoms with E-state index in [-0.39, 0.29) is 17.3 Å². The van der Waals surface area contributed by atoms with Gasteiger partial charge < -0.3 is 5.73 Å². The smallest absolute Gasteiger partial charge is 0.293 e. The Kier molecular flexibility index (Phi) is 5.38. The van der Waals surface area contributed by atoms with Gasteiger partial charge in [-0.3, -0.25) is 4.79 Å². The topological polar surface area (TPSA) is 137 Å². The largest absolute Gasteiger partial charge is 0.378 e. The molecule has 10 nitrogen and oxygen atoms in total. The number of benzene rings is 2. The van der Waals surface area contributed by atoms with E-state index in [4.69, 9.17) is 10.4 Å². The number of nitrogens with one attached hydrogen (secondary N) is 1. The van der Waals surface area contributed by atoms with E-state index >= 15 is 0 Å². The molecule has 0 spiro atoms. The van der Waals surface area contributed by atoms with Gasteiger partial charge in [-0.1, -0.05) is 47.7 Å². The first-order valence-electron chi connectivity index (χ1n) is 9.86. The Morgan fingerprint density at radius 3 is 2.75 bits per heavy atom. The highest BCUT2D eigenvalue weighted by atomic mass is 32.2. The second kappa shape index (κ2) is 8.63. The number of nitrogens with zero attached hydrogens (tertiary/aromatic N) is 6. The van der Waals surface area contributed by atoms with Crippen molar-refractivity contribution in [3.63, 3.8) is 0 Å². The van der Waals surface area contributed by atoms with E-state index in [2.05, 4.69) is 37.2 Å². The summed E-state index contributed by atoms with van der Waals surface area (Å²) in [5.41, 5.74) is 12.2. The lowest BCUT2D eigenvalue weighted by molar-refractivity contribution is 0.0949. The highest BCUT2D eigenvalue weighted by molar-refractivity contribution is 7.98. The first kappa shape index (κ1) is 19.9. The molecule has 0 fully saturated rings. The number of carbonyl (C=O) groups is 1. The van der Waals surface area contributed by atoms with E-state index in [1.807, 2.05) is 48.5 Å². The van der Waals surface area contributed by atoms with Crippen molar-refractivity contribution < 1.29 is 9.42 Å². The van der Waals surface area contributed by atoms with Crippen LogP contribution in [0.2, 0.25) is 0 Å². The average molecular weight is 446 g/mol. The molecule has 32 heavy (non-hydrogen) atoms. The molecule has 5 rings (SSSR count). The van der Waals surface area contributed by atoms with Gasteiger partial charge in [0.05, 0.1) is 11.4 Å². The molecule has 0 radical (unpaired) electrons. The lowest BCUT2D eigenvalue weighted by atomic mass is 10.1. The van der Waals surface area contributed by atoms with Gasteiger partial charge in [0.25, 0.3) is 5.91 Å². The van der Waals surface area contributed by atoms with Gasteiger partial charge in [0.1, 0.15) is 0 Å². The summed E-state index contributed by atoms with van der Waals surface area (Å²) in [6.45, 7) is 0. The molecule has 1 aliphatic rings. The van der Waals surface area contributed by atoms with Gasteiger partial charge in [-0.15, -0.1) is 16.9 Å². The van der Waals surface area contributed by atoms with Crippen molar-refractivity contribution in [2.24, 2.45) is 5.10 Å². The number of nitrogens with two attached hydrogens (primary N) is 1. The molecule has 1 amide bonds. The third-order valence-electron chi connectivity index (χ3n) is 5.05. The zero-order chi connectivity index (χ0) is 21.9. The van der Waals surface area contributed by atoms with E-state index < -0.39 is 5.91 Å². The Morgan fingerprint density at radius 1 is 1.12 bits per heavy atom. The first-order valence-corrected chi connectivity index (χ1v) is 10.9. The molecule has 0 saturated carbocycles. The molecule has 2 aromatic carbocycles. The summed E-state index contributed by atoms with van der Waals surface area (Å²) in [6, 6.07) is 17.8. The van der Waals surface area contributed by atoms with Crippen molar-refractivity contribution in [3.05, 3.63) is 77.1 Å². The van der Waals surface area contributed by atoms with Crippen LogP contribution in [-0.2, 0) is 12.2 Å². The Hall–Kier alpha value is -3.99. The summed E-state index contributed by atoms with van der Waals surface area (Å²) in [7, 11) is 0. The molecule has 2 heterocycles. The van der Waals surface area contributed by atoms with E-state index in [1.165, 1.54) is 22.0 Å². The predicted molar refractivity (Wildman–Crippen MR) is 118 cm³/mol. The number of aromatic nitrogens is 5. The number of nitrogen functional groups attached to an aromatic ring is 1. The lowest BCUT2D eigenvalue weighted by Crippen LogP contribution is -2.21. The number of amides is 1. The molecular formula is C21H18N8O2S. The van der Waals surface area contributed by atoms with Crippen molar-refractivity contribution in [2.75, 3.05) is 5.73 Å². The molecule has 0 bridgehead atoms. The number of thioether (sulfide) groups is 1. The van der Waals surface area contributed by atoms with Crippen LogP contribution in [0.25, 0.3) is 5.82 Å². The second-order valence-electron chi connectivity index (χ2n) is 7.03. The maximum absolute atomic E-state index is 13.0. The van der Waals surface area contributed by atoms with E-state index in [9.17, 15) is 4.79 Å². The predicted octanol–water partition coefficient (Wildman–Crippen LogP) is 2.61. The van der Waals surface area contributed by atoms with Crippen LogP contribution in [0.1, 0.15) is 33.7 Å². The Bertz CT molecular complexity index is 1300. The summed E-state index contributed by atoms with van der Waals surface area (Å²) < 4.78 is 6.06. The van der Waals surface area contributed by atoms with Gasteiger partial charge in [0.2, 0.25) is 11.6 Å². The van der Waals surface area contributed by atoms with Crippen LogP contribution in [0.15, 0.2) is 69.2 Å². The number of hydrogen-bond donors (Lipinski definition) is 2. The van der Waals surface area contributed by atoms with Gasteiger partial charge in [0.15, 0.2) is 5.69 Å². The number of hydrazone groups is 1. The normalized spacial score (nSPS) is 13.9. The number of fused-ring (bicyclic) bond motifs is 1. The van der Waals surface area contributed by atoms with E-state index in [0.29, 0.717) is 11.4 Å². The molecule has 11 heteroatoms. The minimum absolute atomic E-state index is 0.0515. The van der Waals surface area contributed by atoms with Gasteiger partial charge in [-0.2, -0.15) is 9.78 Å². The van der Waals surface area contributed by atoms with Crippen molar-refractivity contribution >= 4 is 29.2 Å².